The molecule has 130 valence electrons. The maximum absolute atomic E-state index is 13.0. The highest BCUT2D eigenvalue weighted by atomic mass is 32.2. The van der Waals surface area contributed by atoms with Gasteiger partial charge in [0.25, 0.3) is 0 Å². The number of anilines is 3. The van der Waals surface area contributed by atoms with Gasteiger partial charge in [-0.2, -0.15) is 9.97 Å². The highest BCUT2D eigenvalue weighted by Crippen LogP contribution is 2.25. The molecule has 1 aliphatic rings. The number of hydrogen-bond donors (Lipinski definition) is 2. The van der Waals surface area contributed by atoms with Crippen LogP contribution in [-0.2, 0) is 9.84 Å². The zero-order valence-corrected chi connectivity index (χ0v) is 13.9. The molecule has 1 fully saturated rings. The Kier molecular flexibility index (Phi) is 3.75. The molecule has 1 aromatic carbocycles. The van der Waals surface area contributed by atoms with Crippen molar-refractivity contribution in [2.45, 2.75) is 0 Å². The van der Waals surface area contributed by atoms with E-state index < -0.39 is 9.84 Å². The van der Waals surface area contributed by atoms with E-state index in [1.807, 2.05) is 4.90 Å². The molecule has 0 spiro atoms. The predicted molar refractivity (Wildman–Crippen MR) is 92.2 cm³/mol. The largest absolute Gasteiger partial charge is 0.353 e. The lowest BCUT2D eigenvalue weighted by Gasteiger charge is -2.28. The van der Waals surface area contributed by atoms with Crippen molar-refractivity contribution < 1.29 is 12.8 Å². The molecule has 0 unspecified atom stereocenters. The molecule has 0 atom stereocenters. The van der Waals surface area contributed by atoms with Crippen molar-refractivity contribution in [3.8, 4) is 0 Å². The molecule has 1 aliphatic heterocycles. The third kappa shape index (κ3) is 3.25. The topological polar surface area (TPSA) is 104 Å². The quantitative estimate of drug-likeness (QED) is 0.727. The van der Waals surface area contributed by atoms with Crippen molar-refractivity contribution >= 4 is 38.5 Å². The zero-order valence-electron chi connectivity index (χ0n) is 13.1. The minimum Gasteiger partial charge on any atom is -0.353 e. The van der Waals surface area contributed by atoms with E-state index in [0.717, 1.165) is 0 Å². The number of halogens is 1. The molecule has 1 saturated heterocycles. The summed E-state index contributed by atoms with van der Waals surface area (Å²) in [6.45, 7) is 0.729. The molecular weight excluding hydrogens is 347 g/mol. The number of H-pyrrole nitrogens is 1. The molecule has 0 aliphatic carbocycles. The average Bonchev–Trinajstić information content (AvgIpc) is 3.05. The SMILES string of the molecule is O=S1(=O)CCN(c2nc(Nc3ccc(F)cc3)nc3nc[nH]c23)CC1. The maximum atomic E-state index is 13.0. The summed E-state index contributed by atoms with van der Waals surface area (Å²) in [4.78, 5) is 17.9. The third-order valence-corrected chi connectivity index (χ3v) is 5.62. The number of nitrogens with one attached hydrogen (secondary N) is 2. The van der Waals surface area contributed by atoms with Crippen molar-refractivity contribution in [2.75, 3.05) is 34.8 Å². The molecule has 0 bridgehead atoms. The van der Waals surface area contributed by atoms with Gasteiger partial charge in [-0.1, -0.05) is 0 Å². The van der Waals surface area contributed by atoms with Gasteiger partial charge in [-0.3, -0.25) is 0 Å². The van der Waals surface area contributed by atoms with Crippen LogP contribution in [0.2, 0.25) is 0 Å². The minimum atomic E-state index is -2.99. The van der Waals surface area contributed by atoms with Crippen LogP contribution in [0.4, 0.5) is 21.8 Å². The van der Waals surface area contributed by atoms with Gasteiger partial charge >= 0.3 is 0 Å². The highest BCUT2D eigenvalue weighted by Gasteiger charge is 2.25. The fraction of sp³-hybridized carbons (Fsp3) is 0.267. The summed E-state index contributed by atoms with van der Waals surface area (Å²) in [5.41, 5.74) is 1.77. The molecule has 0 amide bonds. The van der Waals surface area contributed by atoms with Crippen LogP contribution >= 0.6 is 0 Å². The van der Waals surface area contributed by atoms with Crippen LogP contribution in [0, 0.1) is 5.82 Å². The number of benzene rings is 1. The van der Waals surface area contributed by atoms with Crippen LogP contribution in [0.5, 0.6) is 0 Å². The molecule has 0 radical (unpaired) electrons. The maximum Gasteiger partial charge on any atom is 0.231 e. The molecule has 25 heavy (non-hydrogen) atoms. The van der Waals surface area contributed by atoms with Crippen molar-refractivity contribution in [3.05, 3.63) is 36.4 Å². The summed E-state index contributed by atoms with van der Waals surface area (Å²) in [7, 11) is -2.99. The Morgan fingerprint density at radius 1 is 1.12 bits per heavy atom. The number of rotatable bonds is 3. The van der Waals surface area contributed by atoms with Gasteiger partial charge in [0.15, 0.2) is 21.3 Å². The smallest absolute Gasteiger partial charge is 0.231 e. The fourth-order valence-corrected chi connectivity index (χ4v) is 3.89. The van der Waals surface area contributed by atoms with Gasteiger partial charge in [0, 0.05) is 18.8 Å². The number of sulfone groups is 1. The lowest BCUT2D eigenvalue weighted by atomic mass is 10.3. The Bertz CT molecular complexity index is 1000. The first-order valence-electron chi connectivity index (χ1n) is 7.69. The van der Waals surface area contributed by atoms with Gasteiger partial charge in [0.1, 0.15) is 11.3 Å². The first-order valence-corrected chi connectivity index (χ1v) is 9.51. The van der Waals surface area contributed by atoms with Gasteiger partial charge in [-0.15, -0.1) is 0 Å². The van der Waals surface area contributed by atoms with Crippen LogP contribution in [0.15, 0.2) is 30.6 Å². The van der Waals surface area contributed by atoms with E-state index in [9.17, 15) is 12.8 Å². The van der Waals surface area contributed by atoms with Crippen molar-refractivity contribution in [2.24, 2.45) is 0 Å². The molecule has 0 saturated carbocycles. The minimum absolute atomic E-state index is 0.0906. The zero-order chi connectivity index (χ0) is 17.4. The Morgan fingerprint density at radius 3 is 2.56 bits per heavy atom. The highest BCUT2D eigenvalue weighted by molar-refractivity contribution is 7.91. The Balaban J connectivity index is 1.68. The van der Waals surface area contributed by atoms with E-state index in [4.69, 9.17) is 0 Å². The Labute approximate surface area is 143 Å². The van der Waals surface area contributed by atoms with Gasteiger partial charge < -0.3 is 15.2 Å². The molecule has 8 nitrogen and oxygen atoms in total. The van der Waals surface area contributed by atoms with E-state index in [-0.39, 0.29) is 17.3 Å². The van der Waals surface area contributed by atoms with Gasteiger partial charge in [-0.25, -0.2) is 17.8 Å². The molecular formula is C15H15FN6O2S. The van der Waals surface area contributed by atoms with Crippen LogP contribution in [-0.4, -0.2) is 52.9 Å². The van der Waals surface area contributed by atoms with Gasteiger partial charge in [-0.05, 0) is 24.3 Å². The summed E-state index contributed by atoms with van der Waals surface area (Å²) < 4.78 is 36.3. The normalized spacial score (nSPS) is 16.9. The second-order valence-corrected chi connectivity index (χ2v) is 8.05. The van der Waals surface area contributed by atoms with Crippen molar-refractivity contribution in [1.82, 2.24) is 19.9 Å². The van der Waals surface area contributed by atoms with Gasteiger partial charge in [0.05, 0.1) is 17.8 Å². The standard InChI is InChI=1S/C15H15FN6O2S/c16-10-1-3-11(4-2-10)19-15-20-13-12(17-9-18-13)14(21-15)22-5-7-25(23,24)8-6-22/h1-4,9H,5-8H2,(H2,17,18,19,20,21). The monoisotopic (exact) mass is 362 g/mol. The summed E-state index contributed by atoms with van der Waals surface area (Å²) in [5, 5.41) is 3.02. The van der Waals surface area contributed by atoms with E-state index in [2.05, 4.69) is 25.3 Å². The van der Waals surface area contributed by atoms with E-state index >= 15 is 0 Å². The lowest BCUT2D eigenvalue weighted by Crippen LogP contribution is -2.40. The van der Waals surface area contributed by atoms with Crippen molar-refractivity contribution in [3.63, 3.8) is 0 Å². The summed E-state index contributed by atoms with van der Waals surface area (Å²) >= 11 is 0. The number of imidazole rings is 1. The number of hydrogen-bond acceptors (Lipinski definition) is 7. The Hall–Kier alpha value is -2.75. The molecule has 4 rings (SSSR count). The molecule has 3 aromatic rings. The average molecular weight is 362 g/mol. The Morgan fingerprint density at radius 2 is 1.84 bits per heavy atom. The number of aromatic nitrogens is 4. The number of fused-ring (bicyclic) bond motifs is 1. The fourth-order valence-electron chi connectivity index (χ4n) is 2.69. The summed E-state index contributed by atoms with van der Waals surface area (Å²) in [6, 6.07) is 5.85. The van der Waals surface area contributed by atoms with Crippen LogP contribution in [0.3, 0.4) is 0 Å². The molecule has 3 heterocycles. The first kappa shape index (κ1) is 15.8. The first-order chi connectivity index (χ1) is 12.0. The van der Waals surface area contributed by atoms with E-state index in [1.54, 1.807) is 12.1 Å². The molecule has 10 heteroatoms. The number of nitrogens with zero attached hydrogens (tertiary/aromatic N) is 4. The second-order valence-electron chi connectivity index (χ2n) is 5.74. The molecule has 2 N–H and O–H groups in total. The summed E-state index contributed by atoms with van der Waals surface area (Å²) in [6.07, 6.45) is 1.52. The lowest BCUT2D eigenvalue weighted by molar-refractivity contribution is 0.586. The van der Waals surface area contributed by atoms with Crippen LogP contribution in [0.1, 0.15) is 0 Å². The van der Waals surface area contributed by atoms with E-state index in [1.165, 1.54) is 18.5 Å². The second kappa shape index (κ2) is 5.96. The van der Waals surface area contributed by atoms with Gasteiger partial charge in [0.2, 0.25) is 5.95 Å². The number of aromatic amines is 1. The van der Waals surface area contributed by atoms with E-state index in [0.29, 0.717) is 41.7 Å². The predicted octanol–water partition coefficient (Wildman–Crippen LogP) is 1.47. The van der Waals surface area contributed by atoms with Crippen LogP contribution in [0.25, 0.3) is 11.2 Å². The third-order valence-electron chi connectivity index (χ3n) is 4.01. The van der Waals surface area contributed by atoms with Crippen LogP contribution < -0.4 is 10.2 Å². The summed E-state index contributed by atoms with van der Waals surface area (Å²) in [5.74, 6) is 0.766. The van der Waals surface area contributed by atoms with Crippen molar-refractivity contribution in [1.29, 1.82) is 0 Å². The molecule has 2 aromatic heterocycles.